The third-order valence-electron chi connectivity index (χ3n) is 2.67. The molecule has 0 aliphatic heterocycles. The van der Waals surface area contributed by atoms with E-state index >= 15 is 0 Å². The van der Waals surface area contributed by atoms with Gasteiger partial charge in [0.05, 0.1) is 6.26 Å². The van der Waals surface area contributed by atoms with Crippen LogP contribution in [-0.2, 0) is 16.4 Å². The first-order valence-corrected chi connectivity index (χ1v) is 7.49. The van der Waals surface area contributed by atoms with E-state index in [1.165, 1.54) is 0 Å². The van der Waals surface area contributed by atoms with E-state index in [1.807, 2.05) is 24.3 Å². The number of rotatable bonds is 4. The monoisotopic (exact) mass is 265 g/mol. The summed E-state index contributed by atoms with van der Waals surface area (Å²) in [6.07, 6.45) is 1.79. The number of sulfonamides is 1. The van der Waals surface area contributed by atoms with E-state index in [1.54, 1.807) is 12.1 Å². The maximum Gasteiger partial charge on any atom is 0.208 e. The average Bonchev–Trinajstić information content (AvgIpc) is 2.27. The number of aromatic hydroxyl groups is 1. The molecule has 0 spiro atoms. The fourth-order valence-electron chi connectivity index (χ4n) is 1.82. The molecule has 96 valence electrons. The predicted molar refractivity (Wildman–Crippen MR) is 72.2 cm³/mol. The maximum atomic E-state index is 10.9. The lowest BCUT2D eigenvalue weighted by atomic mass is 10.1. The van der Waals surface area contributed by atoms with Crippen LogP contribution in [0.1, 0.15) is 5.56 Å². The molecule has 4 nitrogen and oxygen atoms in total. The first-order valence-electron chi connectivity index (χ1n) is 5.60. The Kier molecular flexibility index (Phi) is 3.54. The number of benzene rings is 2. The Morgan fingerprint density at radius 3 is 2.50 bits per heavy atom. The number of hydrogen-bond donors (Lipinski definition) is 2. The van der Waals surface area contributed by atoms with Gasteiger partial charge in [-0.1, -0.05) is 24.3 Å². The fraction of sp³-hybridized carbons (Fsp3) is 0.231. The highest BCUT2D eigenvalue weighted by Crippen LogP contribution is 2.21. The standard InChI is InChI=1S/C13H15NO3S/c1-18(16,17)14-7-6-10-2-3-12-9-13(15)5-4-11(12)8-10/h2-5,8-9,14-15H,6-7H2,1H3. The van der Waals surface area contributed by atoms with Crippen molar-refractivity contribution in [3.8, 4) is 5.75 Å². The summed E-state index contributed by atoms with van der Waals surface area (Å²) in [5.74, 6) is 0.244. The quantitative estimate of drug-likeness (QED) is 0.883. The predicted octanol–water partition coefficient (Wildman–Crippen LogP) is 1.64. The average molecular weight is 265 g/mol. The van der Waals surface area contributed by atoms with Crippen molar-refractivity contribution in [3.05, 3.63) is 42.0 Å². The van der Waals surface area contributed by atoms with Gasteiger partial charge in [-0.25, -0.2) is 13.1 Å². The van der Waals surface area contributed by atoms with Crippen molar-refractivity contribution < 1.29 is 13.5 Å². The van der Waals surface area contributed by atoms with Gasteiger partial charge >= 0.3 is 0 Å². The molecule has 0 atom stereocenters. The molecule has 0 amide bonds. The molecule has 5 heteroatoms. The van der Waals surface area contributed by atoms with Gasteiger partial charge in [-0.05, 0) is 34.9 Å². The normalized spacial score (nSPS) is 11.8. The molecule has 0 saturated heterocycles. The second kappa shape index (κ2) is 4.96. The van der Waals surface area contributed by atoms with Gasteiger partial charge in [-0.2, -0.15) is 0 Å². The molecule has 0 aliphatic rings. The van der Waals surface area contributed by atoms with Crippen molar-refractivity contribution in [2.75, 3.05) is 12.8 Å². The molecule has 2 rings (SSSR count). The Hall–Kier alpha value is -1.59. The van der Waals surface area contributed by atoms with E-state index in [0.717, 1.165) is 22.6 Å². The number of nitrogens with one attached hydrogen (secondary N) is 1. The maximum absolute atomic E-state index is 10.9. The molecule has 0 heterocycles. The lowest BCUT2D eigenvalue weighted by Gasteiger charge is -2.05. The van der Waals surface area contributed by atoms with Gasteiger partial charge < -0.3 is 5.11 Å². The molecule has 0 radical (unpaired) electrons. The highest BCUT2D eigenvalue weighted by molar-refractivity contribution is 7.88. The zero-order valence-corrected chi connectivity index (χ0v) is 10.9. The Labute approximate surface area is 106 Å². The number of phenols is 1. The molecule has 0 fully saturated rings. The number of hydrogen-bond acceptors (Lipinski definition) is 3. The molecule has 2 aromatic carbocycles. The van der Waals surface area contributed by atoms with Crippen LogP contribution in [0, 0.1) is 0 Å². The molecule has 2 aromatic rings. The number of fused-ring (bicyclic) bond motifs is 1. The number of phenolic OH excluding ortho intramolecular Hbond substituents is 1. The molecular formula is C13H15NO3S. The van der Waals surface area contributed by atoms with Crippen molar-refractivity contribution in [3.63, 3.8) is 0 Å². The van der Waals surface area contributed by atoms with Gasteiger partial charge in [-0.15, -0.1) is 0 Å². The van der Waals surface area contributed by atoms with Gasteiger partial charge in [0.2, 0.25) is 10.0 Å². The highest BCUT2D eigenvalue weighted by Gasteiger charge is 2.01. The van der Waals surface area contributed by atoms with Gasteiger partial charge in [0, 0.05) is 6.54 Å². The van der Waals surface area contributed by atoms with E-state index in [2.05, 4.69) is 4.72 Å². The lowest BCUT2D eigenvalue weighted by molar-refractivity contribution is 0.476. The van der Waals surface area contributed by atoms with Crippen LogP contribution >= 0.6 is 0 Å². The zero-order valence-electron chi connectivity index (χ0n) is 10.1. The Morgan fingerprint density at radius 1 is 1.11 bits per heavy atom. The van der Waals surface area contributed by atoms with Crippen LogP contribution in [0.4, 0.5) is 0 Å². The fourth-order valence-corrected chi connectivity index (χ4v) is 2.29. The van der Waals surface area contributed by atoms with Crippen LogP contribution in [0.3, 0.4) is 0 Å². The van der Waals surface area contributed by atoms with E-state index in [9.17, 15) is 13.5 Å². The summed E-state index contributed by atoms with van der Waals surface area (Å²) in [7, 11) is -3.13. The molecule has 0 aromatic heterocycles. The molecule has 2 N–H and O–H groups in total. The van der Waals surface area contributed by atoms with Crippen LogP contribution in [0.15, 0.2) is 36.4 Å². The summed E-state index contributed by atoms with van der Waals surface area (Å²) in [6, 6.07) is 11.0. The van der Waals surface area contributed by atoms with Crippen molar-refractivity contribution >= 4 is 20.8 Å². The van der Waals surface area contributed by atoms with E-state index in [4.69, 9.17) is 0 Å². The van der Waals surface area contributed by atoms with Crippen molar-refractivity contribution in [1.29, 1.82) is 0 Å². The second-order valence-electron chi connectivity index (χ2n) is 4.28. The Bertz CT molecular complexity index is 665. The Balaban J connectivity index is 2.13. The van der Waals surface area contributed by atoms with E-state index in [0.29, 0.717) is 13.0 Å². The summed E-state index contributed by atoms with van der Waals surface area (Å²) in [6.45, 7) is 0.391. The van der Waals surface area contributed by atoms with Crippen molar-refractivity contribution in [1.82, 2.24) is 4.72 Å². The summed E-state index contributed by atoms with van der Waals surface area (Å²) < 4.78 is 24.3. The summed E-state index contributed by atoms with van der Waals surface area (Å²) in [5.41, 5.74) is 1.06. The SMILES string of the molecule is CS(=O)(=O)NCCc1ccc2cc(O)ccc2c1. The minimum atomic E-state index is -3.13. The van der Waals surface area contributed by atoms with Gasteiger partial charge in [0.15, 0.2) is 0 Å². The molecule has 18 heavy (non-hydrogen) atoms. The third kappa shape index (κ3) is 3.45. The lowest BCUT2D eigenvalue weighted by Crippen LogP contribution is -2.24. The van der Waals surface area contributed by atoms with Crippen LogP contribution in [-0.4, -0.2) is 26.3 Å². The summed E-state index contributed by atoms with van der Waals surface area (Å²) >= 11 is 0. The van der Waals surface area contributed by atoms with Gasteiger partial charge in [0.25, 0.3) is 0 Å². The van der Waals surface area contributed by atoms with Gasteiger partial charge in [0.1, 0.15) is 5.75 Å². The van der Waals surface area contributed by atoms with E-state index in [-0.39, 0.29) is 5.75 Å². The van der Waals surface area contributed by atoms with Gasteiger partial charge in [-0.3, -0.25) is 0 Å². The van der Waals surface area contributed by atoms with Crippen LogP contribution in [0.5, 0.6) is 5.75 Å². The largest absolute Gasteiger partial charge is 0.508 e. The summed E-state index contributed by atoms with van der Waals surface area (Å²) in [5, 5.41) is 11.4. The molecule has 0 aliphatic carbocycles. The molecular weight excluding hydrogens is 250 g/mol. The van der Waals surface area contributed by atoms with Crippen LogP contribution in [0.25, 0.3) is 10.8 Å². The Morgan fingerprint density at radius 2 is 1.78 bits per heavy atom. The smallest absolute Gasteiger partial charge is 0.208 e. The summed E-state index contributed by atoms with van der Waals surface area (Å²) in [4.78, 5) is 0. The molecule has 0 bridgehead atoms. The third-order valence-corrected chi connectivity index (χ3v) is 3.39. The second-order valence-corrected chi connectivity index (χ2v) is 6.12. The van der Waals surface area contributed by atoms with E-state index < -0.39 is 10.0 Å². The topological polar surface area (TPSA) is 66.4 Å². The first kappa shape index (κ1) is 12.9. The zero-order chi connectivity index (χ0) is 13.2. The molecule has 0 unspecified atom stereocenters. The van der Waals surface area contributed by atoms with Crippen LogP contribution < -0.4 is 4.72 Å². The minimum Gasteiger partial charge on any atom is -0.508 e. The van der Waals surface area contributed by atoms with Crippen molar-refractivity contribution in [2.24, 2.45) is 0 Å². The molecule has 0 saturated carbocycles. The highest BCUT2D eigenvalue weighted by atomic mass is 32.2. The van der Waals surface area contributed by atoms with Crippen molar-refractivity contribution in [2.45, 2.75) is 6.42 Å². The minimum absolute atomic E-state index is 0.244. The van der Waals surface area contributed by atoms with Crippen LogP contribution in [0.2, 0.25) is 0 Å². The first-order chi connectivity index (χ1) is 8.44.